The van der Waals surface area contributed by atoms with Gasteiger partial charge >= 0.3 is 0 Å². The Balaban J connectivity index is 1.61. The highest BCUT2D eigenvalue weighted by Gasteiger charge is 2.28. The number of rotatable bonds is 6. The van der Waals surface area contributed by atoms with Gasteiger partial charge in [0.1, 0.15) is 6.04 Å². The molecule has 2 heterocycles. The zero-order chi connectivity index (χ0) is 17.6. The van der Waals surface area contributed by atoms with Crippen LogP contribution in [0.2, 0.25) is 5.02 Å². The number of nitrogens with one attached hydrogen (secondary N) is 1. The van der Waals surface area contributed by atoms with Crippen molar-refractivity contribution in [3.8, 4) is 0 Å². The quantitative estimate of drug-likeness (QED) is 0.786. The van der Waals surface area contributed by atoms with Crippen molar-refractivity contribution in [2.75, 3.05) is 31.1 Å². The van der Waals surface area contributed by atoms with E-state index in [9.17, 15) is 9.59 Å². The van der Waals surface area contributed by atoms with E-state index < -0.39 is 6.04 Å². The van der Waals surface area contributed by atoms with Crippen molar-refractivity contribution in [3.05, 3.63) is 51.7 Å². The monoisotopic (exact) mass is 377 g/mol. The van der Waals surface area contributed by atoms with Gasteiger partial charge in [0.05, 0.1) is 10.7 Å². The maximum Gasteiger partial charge on any atom is 0.245 e. The summed E-state index contributed by atoms with van der Waals surface area (Å²) >= 11 is 7.84. The van der Waals surface area contributed by atoms with Gasteiger partial charge in [-0.2, -0.15) is 11.3 Å². The molecule has 1 unspecified atom stereocenters. The van der Waals surface area contributed by atoms with Crippen molar-refractivity contribution in [2.45, 2.75) is 12.5 Å². The second-order valence-electron chi connectivity index (χ2n) is 5.94. The molecular formula is C18H20ClN3O2S. The molecule has 1 aromatic carbocycles. The van der Waals surface area contributed by atoms with Crippen LogP contribution in [0.5, 0.6) is 0 Å². The van der Waals surface area contributed by atoms with Gasteiger partial charge in [-0.05, 0) is 34.5 Å². The number of amides is 2. The van der Waals surface area contributed by atoms with Crippen LogP contribution in [0.15, 0.2) is 41.1 Å². The van der Waals surface area contributed by atoms with E-state index in [-0.39, 0.29) is 5.91 Å². The molecule has 7 heteroatoms. The van der Waals surface area contributed by atoms with Crippen molar-refractivity contribution in [1.29, 1.82) is 0 Å². The summed E-state index contributed by atoms with van der Waals surface area (Å²) in [7, 11) is 0. The number of hydrogen-bond donors (Lipinski definition) is 1. The minimum absolute atomic E-state index is 0.0305. The second kappa shape index (κ2) is 8.36. The Labute approximate surface area is 156 Å². The van der Waals surface area contributed by atoms with Gasteiger partial charge < -0.3 is 15.1 Å². The van der Waals surface area contributed by atoms with Crippen molar-refractivity contribution in [3.63, 3.8) is 0 Å². The molecule has 2 aromatic rings. The van der Waals surface area contributed by atoms with Crippen LogP contribution < -0.4 is 10.2 Å². The van der Waals surface area contributed by atoms with E-state index >= 15 is 0 Å². The van der Waals surface area contributed by atoms with Gasteiger partial charge in [0.25, 0.3) is 0 Å². The summed E-state index contributed by atoms with van der Waals surface area (Å²) in [6, 6.07) is 9.20. The Hall–Kier alpha value is -2.05. The lowest BCUT2D eigenvalue weighted by molar-refractivity contribution is -0.135. The lowest BCUT2D eigenvalue weighted by Gasteiger charge is -2.37. The Morgan fingerprint density at radius 3 is 2.64 bits per heavy atom. The normalized spacial score (nSPS) is 15.7. The molecule has 2 amide bonds. The van der Waals surface area contributed by atoms with E-state index in [4.69, 9.17) is 11.6 Å². The molecule has 1 N–H and O–H groups in total. The minimum atomic E-state index is -0.515. The molecule has 0 bridgehead atoms. The first kappa shape index (κ1) is 17.8. The molecule has 0 saturated carbocycles. The Bertz CT molecular complexity index is 715. The SMILES string of the molecule is O=CNC(Cc1ccsc1)C(=O)N1CCN(c2ccccc2Cl)CC1. The lowest BCUT2D eigenvalue weighted by Crippen LogP contribution is -2.54. The second-order valence-corrected chi connectivity index (χ2v) is 7.12. The molecule has 0 aliphatic carbocycles. The first-order valence-electron chi connectivity index (χ1n) is 8.18. The average Bonchev–Trinajstić information content (AvgIpc) is 3.14. The summed E-state index contributed by atoms with van der Waals surface area (Å²) < 4.78 is 0. The summed E-state index contributed by atoms with van der Waals surface area (Å²) in [4.78, 5) is 27.7. The first-order valence-corrected chi connectivity index (χ1v) is 9.50. The largest absolute Gasteiger partial charge is 0.367 e. The van der Waals surface area contributed by atoms with Gasteiger partial charge in [-0.15, -0.1) is 0 Å². The van der Waals surface area contributed by atoms with E-state index in [1.165, 1.54) is 0 Å². The van der Waals surface area contributed by atoms with Crippen LogP contribution in [0, 0.1) is 0 Å². The average molecular weight is 378 g/mol. The van der Waals surface area contributed by atoms with Crippen LogP contribution in [0.1, 0.15) is 5.56 Å². The first-order chi connectivity index (χ1) is 12.2. The summed E-state index contributed by atoms with van der Waals surface area (Å²) in [6.45, 7) is 2.68. The maximum absolute atomic E-state index is 12.8. The van der Waals surface area contributed by atoms with Crippen LogP contribution in [0.3, 0.4) is 0 Å². The molecule has 25 heavy (non-hydrogen) atoms. The van der Waals surface area contributed by atoms with Crippen molar-refractivity contribution >= 4 is 40.9 Å². The molecule has 1 saturated heterocycles. The molecule has 5 nitrogen and oxygen atoms in total. The molecule has 3 rings (SSSR count). The highest BCUT2D eigenvalue weighted by atomic mass is 35.5. The third-order valence-electron chi connectivity index (χ3n) is 4.37. The van der Waals surface area contributed by atoms with Crippen molar-refractivity contribution < 1.29 is 9.59 Å². The fourth-order valence-electron chi connectivity index (χ4n) is 3.04. The number of piperazine rings is 1. The van der Waals surface area contributed by atoms with E-state index in [1.807, 2.05) is 46.0 Å². The smallest absolute Gasteiger partial charge is 0.245 e. The zero-order valence-corrected chi connectivity index (χ0v) is 15.3. The summed E-state index contributed by atoms with van der Waals surface area (Å²) in [5.41, 5.74) is 2.06. The summed E-state index contributed by atoms with van der Waals surface area (Å²) in [5.74, 6) is -0.0305. The fraction of sp³-hybridized carbons (Fsp3) is 0.333. The number of benzene rings is 1. The van der Waals surface area contributed by atoms with Gasteiger partial charge in [-0.25, -0.2) is 0 Å². The molecule has 1 aromatic heterocycles. The van der Waals surface area contributed by atoms with Gasteiger partial charge in [0.15, 0.2) is 0 Å². The number of carbonyl (C=O) groups excluding carboxylic acids is 2. The van der Waals surface area contributed by atoms with Crippen LogP contribution >= 0.6 is 22.9 Å². The number of hydrogen-bond acceptors (Lipinski definition) is 4. The van der Waals surface area contributed by atoms with Gasteiger partial charge in [-0.1, -0.05) is 23.7 Å². The van der Waals surface area contributed by atoms with E-state index in [1.54, 1.807) is 11.3 Å². The van der Waals surface area contributed by atoms with Gasteiger partial charge in [0.2, 0.25) is 12.3 Å². The third-order valence-corrected chi connectivity index (χ3v) is 5.42. The molecule has 1 fully saturated rings. The lowest BCUT2D eigenvalue weighted by atomic mass is 10.1. The Morgan fingerprint density at radius 1 is 1.24 bits per heavy atom. The summed E-state index contributed by atoms with van der Waals surface area (Å²) in [5, 5.41) is 7.37. The number of nitrogens with zero attached hydrogens (tertiary/aromatic N) is 2. The maximum atomic E-state index is 12.8. The Kier molecular flexibility index (Phi) is 5.94. The highest BCUT2D eigenvalue weighted by Crippen LogP contribution is 2.26. The van der Waals surface area contributed by atoms with E-state index in [0.717, 1.165) is 29.4 Å². The van der Waals surface area contributed by atoms with Crippen LogP contribution in [0.25, 0.3) is 0 Å². The van der Waals surface area contributed by atoms with Gasteiger partial charge in [-0.3, -0.25) is 9.59 Å². The molecule has 0 spiro atoms. The standard InChI is InChI=1S/C18H20ClN3O2S/c19-15-3-1-2-4-17(15)21-6-8-22(9-7-21)18(24)16(20-13-23)11-14-5-10-25-12-14/h1-5,10,12-13,16H,6-9,11H2,(H,20,23). The number of para-hydroxylation sites is 1. The van der Waals surface area contributed by atoms with E-state index in [0.29, 0.717) is 25.9 Å². The molecule has 1 atom stereocenters. The zero-order valence-electron chi connectivity index (χ0n) is 13.7. The number of halogens is 1. The molecular weight excluding hydrogens is 358 g/mol. The van der Waals surface area contributed by atoms with Crippen LogP contribution in [-0.2, 0) is 16.0 Å². The molecule has 1 aliphatic rings. The van der Waals surface area contributed by atoms with E-state index in [2.05, 4.69) is 10.2 Å². The van der Waals surface area contributed by atoms with Crippen molar-refractivity contribution in [1.82, 2.24) is 10.2 Å². The number of anilines is 1. The number of carbonyl (C=O) groups is 2. The van der Waals surface area contributed by atoms with Crippen LogP contribution in [0.4, 0.5) is 5.69 Å². The molecule has 0 radical (unpaired) electrons. The predicted molar refractivity (Wildman–Crippen MR) is 101 cm³/mol. The number of thiophene rings is 1. The van der Waals surface area contributed by atoms with Crippen LogP contribution in [-0.4, -0.2) is 49.4 Å². The topological polar surface area (TPSA) is 52.7 Å². The fourth-order valence-corrected chi connectivity index (χ4v) is 3.98. The third kappa shape index (κ3) is 4.32. The summed E-state index contributed by atoms with van der Waals surface area (Å²) in [6.07, 6.45) is 1.13. The minimum Gasteiger partial charge on any atom is -0.367 e. The molecule has 1 aliphatic heterocycles. The van der Waals surface area contributed by atoms with Crippen molar-refractivity contribution in [2.24, 2.45) is 0 Å². The highest BCUT2D eigenvalue weighted by molar-refractivity contribution is 7.07. The van der Waals surface area contributed by atoms with Gasteiger partial charge in [0, 0.05) is 32.6 Å². The molecule has 132 valence electrons. The Morgan fingerprint density at radius 2 is 2.00 bits per heavy atom. The predicted octanol–water partition coefficient (Wildman–Crippen LogP) is 2.41.